The van der Waals surface area contributed by atoms with Gasteiger partial charge in [-0.15, -0.1) is 0 Å². The Morgan fingerprint density at radius 2 is 2.15 bits per heavy atom. The maximum absolute atomic E-state index is 5.55. The lowest BCUT2D eigenvalue weighted by Gasteiger charge is -2.02. The Balaban J connectivity index is 1.92. The Labute approximate surface area is 124 Å². The zero-order valence-corrected chi connectivity index (χ0v) is 12.3. The Hall–Kier alpha value is -2.12. The molecule has 0 spiro atoms. The van der Waals surface area contributed by atoms with E-state index in [1.807, 2.05) is 12.1 Å². The molecule has 2 heterocycles. The van der Waals surface area contributed by atoms with Crippen molar-refractivity contribution in [1.29, 1.82) is 0 Å². The first kappa shape index (κ1) is 12.9. The largest absolute Gasteiger partial charge is 0.388 e. The molecule has 2 aromatic heterocycles. The van der Waals surface area contributed by atoms with Crippen LogP contribution < -0.4 is 11.1 Å². The lowest BCUT2D eigenvalue weighted by Crippen LogP contribution is -2.12. The number of thiocarbonyl (C=S) groups is 1. The van der Waals surface area contributed by atoms with E-state index in [0.29, 0.717) is 11.6 Å². The van der Waals surface area contributed by atoms with Crippen molar-refractivity contribution in [3.63, 3.8) is 0 Å². The molecule has 100 valence electrons. The van der Waals surface area contributed by atoms with E-state index in [-0.39, 0.29) is 4.99 Å². The summed E-state index contributed by atoms with van der Waals surface area (Å²) in [4.78, 5) is 13.1. The molecule has 0 aliphatic carbocycles. The summed E-state index contributed by atoms with van der Waals surface area (Å²) in [5.41, 5.74) is 8.25. The summed E-state index contributed by atoms with van der Waals surface area (Å²) in [5.74, 6) is 0.436. The van der Waals surface area contributed by atoms with Crippen LogP contribution in [0.15, 0.2) is 30.5 Å². The van der Waals surface area contributed by atoms with Crippen LogP contribution in [0.2, 0.25) is 0 Å². The fourth-order valence-electron chi connectivity index (χ4n) is 1.74. The van der Waals surface area contributed by atoms with Crippen molar-refractivity contribution in [3.8, 4) is 0 Å². The predicted octanol–water partition coefficient (Wildman–Crippen LogP) is 2.77. The third-order valence-electron chi connectivity index (χ3n) is 2.67. The fourth-order valence-corrected chi connectivity index (χ4v) is 2.81. The second-order valence-corrected chi connectivity index (χ2v) is 5.72. The molecular weight excluding hydrogens is 290 g/mol. The summed E-state index contributed by atoms with van der Waals surface area (Å²) in [6.45, 7) is 2.06. The van der Waals surface area contributed by atoms with Gasteiger partial charge in [-0.05, 0) is 30.7 Å². The van der Waals surface area contributed by atoms with Gasteiger partial charge < -0.3 is 5.73 Å². The molecule has 20 heavy (non-hydrogen) atoms. The van der Waals surface area contributed by atoms with Gasteiger partial charge in [0, 0.05) is 6.20 Å². The Morgan fingerprint density at radius 3 is 2.95 bits per heavy atom. The van der Waals surface area contributed by atoms with Crippen LogP contribution >= 0.6 is 23.6 Å². The predicted molar refractivity (Wildman–Crippen MR) is 85.6 cm³/mol. The SMILES string of the molecule is Cc1ccc2nc(Nc3nccc(C(N)=S)n3)sc2c1. The Morgan fingerprint density at radius 1 is 1.30 bits per heavy atom. The average molecular weight is 301 g/mol. The number of hydrogen-bond acceptors (Lipinski definition) is 6. The van der Waals surface area contributed by atoms with E-state index in [0.717, 1.165) is 15.3 Å². The standard InChI is InChI=1S/C13H11N5S2/c1-7-2-3-8-10(6-7)20-13(17-8)18-12-15-5-4-9(16-12)11(14)19/h2-6H,1H3,(H2,14,19)(H,15,16,17,18). The van der Waals surface area contributed by atoms with Crippen LogP contribution in [0.1, 0.15) is 11.3 Å². The van der Waals surface area contributed by atoms with Crippen LogP contribution in [0.5, 0.6) is 0 Å². The molecule has 1 aromatic carbocycles. The summed E-state index contributed by atoms with van der Waals surface area (Å²) in [6.07, 6.45) is 1.61. The highest BCUT2D eigenvalue weighted by Crippen LogP contribution is 2.27. The van der Waals surface area contributed by atoms with Gasteiger partial charge in [-0.25, -0.2) is 15.0 Å². The maximum atomic E-state index is 5.55. The van der Waals surface area contributed by atoms with Crippen molar-refractivity contribution >= 4 is 49.8 Å². The minimum Gasteiger partial charge on any atom is -0.388 e. The molecule has 0 atom stereocenters. The van der Waals surface area contributed by atoms with Gasteiger partial charge in [0.1, 0.15) is 10.7 Å². The molecule has 3 rings (SSSR count). The molecular formula is C13H11N5S2. The average Bonchev–Trinajstić information content (AvgIpc) is 2.80. The van der Waals surface area contributed by atoms with Crippen LogP contribution in [0.3, 0.4) is 0 Å². The number of nitrogens with one attached hydrogen (secondary N) is 1. The van der Waals surface area contributed by atoms with Gasteiger partial charge in [-0.3, -0.25) is 5.32 Å². The molecule has 0 unspecified atom stereocenters. The topological polar surface area (TPSA) is 76.7 Å². The number of nitrogens with zero attached hydrogens (tertiary/aromatic N) is 3. The molecule has 0 amide bonds. The highest BCUT2D eigenvalue weighted by molar-refractivity contribution is 7.80. The monoisotopic (exact) mass is 301 g/mol. The number of nitrogens with two attached hydrogens (primary N) is 1. The molecule has 7 heteroatoms. The van der Waals surface area contributed by atoms with Crippen LogP contribution in [0.25, 0.3) is 10.2 Å². The van der Waals surface area contributed by atoms with Gasteiger partial charge in [0.25, 0.3) is 0 Å². The van der Waals surface area contributed by atoms with Crippen LogP contribution in [0, 0.1) is 6.92 Å². The van der Waals surface area contributed by atoms with Gasteiger partial charge >= 0.3 is 0 Å². The number of benzene rings is 1. The van der Waals surface area contributed by atoms with Crippen molar-refractivity contribution in [3.05, 3.63) is 41.7 Å². The fraction of sp³-hybridized carbons (Fsp3) is 0.0769. The zero-order chi connectivity index (χ0) is 14.1. The van der Waals surface area contributed by atoms with Gasteiger partial charge in [0.15, 0.2) is 5.13 Å². The highest BCUT2D eigenvalue weighted by atomic mass is 32.1. The molecule has 5 nitrogen and oxygen atoms in total. The lowest BCUT2D eigenvalue weighted by molar-refractivity contribution is 1.15. The summed E-state index contributed by atoms with van der Waals surface area (Å²) < 4.78 is 1.12. The minimum atomic E-state index is 0.246. The molecule has 0 saturated carbocycles. The van der Waals surface area contributed by atoms with Crippen LogP contribution in [-0.2, 0) is 0 Å². The number of aryl methyl sites for hydroxylation is 1. The van der Waals surface area contributed by atoms with Gasteiger partial charge in [-0.1, -0.05) is 29.6 Å². The molecule has 0 bridgehead atoms. The van der Waals surface area contributed by atoms with E-state index in [1.54, 1.807) is 23.6 Å². The number of anilines is 2. The van der Waals surface area contributed by atoms with E-state index in [1.165, 1.54) is 5.56 Å². The summed E-state index contributed by atoms with van der Waals surface area (Å²) in [6, 6.07) is 7.81. The third kappa shape index (κ3) is 2.59. The number of rotatable bonds is 3. The first-order chi connectivity index (χ1) is 9.61. The lowest BCUT2D eigenvalue weighted by atomic mass is 10.2. The van der Waals surface area contributed by atoms with Gasteiger partial charge in [0.2, 0.25) is 5.95 Å². The highest BCUT2D eigenvalue weighted by Gasteiger charge is 2.07. The minimum absolute atomic E-state index is 0.246. The number of thiazole rings is 1. The van der Waals surface area contributed by atoms with E-state index < -0.39 is 0 Å². The number of fused-ring (bicyclic) bond motifs is 1. The van der Waals surface area contributed by atoms with Gasteiger partial charge in [0.05, 0.1) is 10.2 Å². The molecule has 0 saturated heterocycles. The number of hydrogen-bond donors (Lipinski definition) is 2. The summed E-state index contributed by atoms with van der Waals surface area (Å²) >= 11 is 6.45. The smallest absolute Gasteiger partial charge is 0.229 e. The van der Waals surface area contributed by atoms with Crippen LogP contribution in [-0.4, -0.2) is 19.9 Å². The van der Waals surface area contributed by atoms with Crippen molar-refractivity contribution in [2.75, 3.05) is 5.32 Å². The van der Waals surface area contributed by atoms with Crippen molar-refractivity contribution in [2.24, 2.45) is 5.73 Å². The molecule has 3 N–H and O–H groups in total. The zero-order valence-electron chi connectivity index (χ0n) is 10.6. The van der Waals surface area contributed by atoms with Crippen molar-refractivity contribution in [1.82, 2.24) is 15.0 Å². The first-order valence-electron chi connectivity index (χ1n) is 5.89. The van der Waals surface area contributed by atoms with E-state index >= 15 is 0 Å². The normalized spacial score (nSPS) is 10.7. The van der Waals surface area contributed by atoms with Gasteiger partial charge in [-0.2, -0.15) is 0 Å². The van der Waals surface area contributed by atoms with Crippen LogP contribution in [0.4, 0.5) is 11.1 Å². The second-order valence-electron chi connectivity index (χ2n) is 4.24. The third-order valence-corrected chi connectivity index (χ3v) is 3.81. The van der Waals surface area contributed by atoms with E-state index in [4.69, 9.17) is 18.0 Å². The summed E-state index contributed by atoms with van der Waals surface area (Å²) in [5, 5.41) is 3.82. The quantitative estimate of drug-likeness (QED) is 0.724. The van der Waals surface area contributed by atoms with Crippen molar-refractivity contribution < 1.29 is 0 Å². The molecule has 0 fully saturated rings. The Bertz CT molecular complexity index is 796. The second kappa shape index (κ2) is 5.10. The van der Waals surface area contributed by atoms with Crippen molar-refractivity contribution in [2.45, 2.75) is 6.92 Å². The van der Waals surface area contributed by atoms with E-state index in [2.05, 4.69) is 33.3 Å². The molecule has 0 aliphatic heterocycles. The molecule has 0 aliphatic rings. The van der Waals surface area contributed by atoms with E-state index in [9.17, 15) is 0 Å². The molecule has 3 aromatic rings. The maximum Gasteiger partial charge on any atom is 0.229 e. The molecule has 0 radical (unpaired) electrons. The number of aromatic nitrogens is 3. The summed E-state index contributed by atoms with van der Waals surface area (Å²) in [7, 11) is 0. The Kier molecular flexibility index (Phi) is 3.29. The first-order valence-corrected chi connectivity index (χ1v) is 7.11.